The van der Waals surface area contributed by atoms with E-state index >= 15 is 0 Å². The summed E-state index contributed by atoms with van der Waals surface area (Å²) in [4.78, 5) is 28.6. The molecule has 0 aliphatic carbocycles. The lowest BCUT2D eigenvalue weighted by molar-refractivity contribution is 0.0400. The normalized spacial score (nSPS) is 23.1. The summed E-state index contributed by atoms with van der Waals surface area (Å²) in [7, 11) is 0. The highest BCUT2D eigenvalue weighted by atomic mass is 19.1. The van der Waals surface area contributed by atoms with Crippen molar-refractivity contribution in [1.82, 2.24) is 19.4 Å². The molecule has 2 rings (SSSR count). The van der Waals surface area contributed by atoms with Gasteiger partial charge in [0.15, 0.2) is 0 Å². The molecule has 1 aromatic heterocycles. The monoisotopic (exact) mass is 287 g/mol. The van der Waals surface area contributed by atoms with Gasteiger partial charge in [0.2, 0.25) is 5.79 Å². The molecule has 112 valence electrons. The molecule has 8 nitrogen and oxygen atoms in total. The second kappa shape index (κ2) is 5.14. The van der Waals surface area contributed by atoms with Crippen molar-refractivity contribution in [2.45, 2.75) is 32.6 Å². The van der Waals surface area contributed by atoms with E-state index < -0.39 is 17.6 Å². The summed E-state index contributed by atoms with van der Waals surface area (Å²) in [5.41, 5.74) is -0.441. The van der Waals surface area contributed by atoms with Gasteiger partial charge in [0, 0.05) is 13.1 Å². The first-order valence-corrected chi connectivity index (χ1v) is 6.46. The first kappa shape index (κ1) is 14.4. The summed E-state index contributed by atoms with van der Waals surface area (Å²) in [6, 6.07) is 0. The Balaban J connectivity index is 2.30. The van der Waals surface area contributed by atoms with E-state index in [2.05, 4.69) is 4.98 Å². The molecule has 1 fully saturated rings. The summed E-state index contributed by atoms with van der Waals surface area (Å²) >= 11 is 0. The molecule has 0 bridgehead atoms. The Hall–Kier alpha value is -2.06. The summed E-state index contributed by atoms with van der Waals surface area (Å²) < 4.78 is 16.1. The third kappa shape index (κ3) is 2.47. The standard InChI is InChI=1S/C11H18FN5O3/c1-3-4-15-9(18)13-8-17(15)16-6-5-14(10(19)20)7-11(16,2)12/h8H,3-7H2,1-2H3,(H,19,20). The van der Waals surface area contributed by atoms with Crippen LogP contribution in [-0.2, 0) is 6.54 Å². The molecule has 1 unspecified atom stereocenters. The zero-order valence-corrected chi connectivity index (χ0v) is 11.5. The fraction of sp³-hybridized carbons (Fsp3) is 0.727. The van der Waals surface area contributed by atoms with Crippen LogP contribution in [0.5, 0.6) is 0 Å². The molecule has 1 aliphatic heterocycles. The van der Waals surface area contributed by atoms with E-state index in [1.54, 1.807) is 0 Å². The number of aromatic nitrogens is 3. The first-order chi connectivity index (χ1) is 9.36. The predicted octanol–water partition coefficient (Wildman–Crippen LogP) is 0.0721. The lowest BCUT2D eigenvalue weighted by Gasteiger charge is -2.44. The molecule has 0 aromatic carbocycles. The maximum atomic E-state index is 14.7. The largest absolute Gasteiger partial charge is 0.465 e. The summed E-state index contributed by atoms with van der Waals surface area (Å²) in [5, 5.41) is 10.3. The van der Waals surface area contributed by atoms with Gasteiger partial charge in [-0.2, -0.15) is 9.77 Å². The Morgan fingerprint density at radius 2 is 2.25 bits per heavy atom. The fourth-order valence-electron chi connectivity index (χ4n) is 2.36. The van der Waals surface area contributed by atoms with Gasteiger partial charge < -0.3 is 10.0 Å². The Kier molecular flexibility index (Phi) is 3.69. The van der Waals surface area contributed by atoms with E-state index in [9.17, 15) is 14.0 Å². The Morgan fingerprint density at radius 3 is 2.80 bits per heavy atom. The third-order valence-electron chi connectivity index (χ3n) is 3.29. The number of nitrogens with zero attached hydrogens (tertiary/aromatic N) is 5. The van der Waals surface area contributed by atoms with Crippen LogP contribution in [0.2, 0.25) is 0 Å². The van der Waals surface area contributed by atoms with E-state index in [1.807, 2.05) is 6.92 Å². The predicted molar refractivity (Wildman–Crippen MR) is 69.0 cm³/mol. The topological polar surface area (TPSA) is 83.6 Å². The Bertz CT molecular complexity index is 552. The number of carboxylic acid groups (broad SMARTS) is 1. The molecular formula is C11H18FN5O3. The highest BCUT2D eigenvalue weighted by Crippen LogP contribution is 2.21. The number of halogens is 1. The maximum Gasteiger partial charge on any atom is 0.407 e. The van der Waals surface area contributed by atoms with Crippen molar-refractivity contribution < 1.29 is 14.3 Å². The second-order valence-electron chi connectivity index (χ2n) is 4.94. The van der Waals surface area contributed by atoms with Crippen LogP contribution in [-0.4, -0.2) is 56.0 Å². The molecule has 0 spiro atoms. The van der Waals surface area contributed by atoms with Gasteiger partial charge in [0.05, 0.1) is 13.1 Å². The third-order valence-corrected chi connectivity index (χ3v) is 3.29. The van der Waals surface area contributed by atoms with Gasteiger partial charge in [-0.05, 0) is 13.3 Å². The molecule has 1 atom stereocenters. The number of hydrogen-bond donors (Lipinski definition) is 1. The van der Waals surface area contributed by atoms with Gasteiger partial charge in [-0.3, -0.25) is 5.01 Å². The van der Waals surface area contributed by atoms with Crippen LogP contribution in [0.1, 0.15) is 20.3 Å². The van der Waals surface area contributed by atoms with Crippen LogP contribution in [0.25, 0.3) is 0 Å². The Morgan fingerprint density at radius 1 is 1.55 bits per heavy atom. The molecule has 1 aromatic rings. The van der Waals surface area contributed by atoms with E-state index in [1.165, 1.54) is 27.7 Å². The number of alkyl halides is 1. The summed E-state index contributed by atoms with van der Waals surface area (Å²) in [5.74, 6) is -1.90. The van der Waals surface area contributed by atoms with E-state index in [4.69, 9.17) is 5.11 Å². The molecule has 20 heavy (non-hydrogen) atoms. The van der Waals surface area contributed by atoms with Crippen molar-refractivity contribution in [2.24, 2.45) is 0 Å². The highest BCUT2D eigenvalue weighted by molar-refractivity contribution is 5.65. The minimum absolute atomic E-state index is 0.152. The van der Waals surface area contributed by atoms with Crippen molar-refractivity contribution >= 4 is 6.09 Å². The SMILES string of the molecule is CCCn1c(=O)ncn1N1CCN(C(=O)O)CC1(C)F. The van der Waals surface area contributed by atoms with E-state index in [-0.39, 0.29) is 19.6 Å². The number of rotatable bonds is 3. The first-order valence-electron chi connectivity index (χ1n) is 6.46. The highest BCUT2D eigenvalue weighted by Gasteiger charge is 2.41. The number of carbonyl (C=O) groups is 1. The van der Waals surface area contributed by atoms with Gasteiger partial charge in [0.25, 0.3) is 0 Å². The van der Waals surface area contributed by atoms with Crippen LogP contribution in [0, 0.1) is 0 Å². The van der Waals surface area contributed by atoms with Crippen molar-refractivity contribution in [2.75, 3.05) is 24.6 Å². The lowest BCUT2D eigenvalue weighted by Crippen LogP contribution is -2.64. The van der Waals surface area contributed by atoms with Gasteiger partial charge in [-0.15, -0.1) is 0 Å². The van der Waals surface area contributed by atoms with Crippen LogP contribution in [0.3, 0.4) is 0 Å². The van der Waals surface area contributed by atoms with Gasteiger partial charge in [-0.1, -0.05) is 6.92 Å². The minimum atomic E-state index is -1.90. The number of hydrogen-bond acceptors (Lipinski definition) is 4. The van der Waals surface area contributed by atoms with Crippen molar-refractivity contribution in [1.29, 1.82) is 0 Å². The van der Waals surface area contributed by atoms with Crippen LogP contribution in [0.15, 0.2) is 11.1 Å². The Labute approximate surface area is 115 Å². The summed E-state index contributed by atoms with van der Waals surface area (Å²) in [6.45, 7) is 3.67. The zero-order valence-electron chi connectivity index (χ0n) is 11.5. The maximum absolute atomic E-state index is 14.7. The van der Waals surface area contributed by atoms with Crippen LogP contribution >= 0.6 is 0 Å². The van der Waals surface area contributed by atoms with Gasteiger partial charge >= 0.3 is 11.8 Å². The zero-order chi connectivity index (χ0) is 14.9. The molecule has 2 heterocycles. The smallest absolute Gasteiger partial charge is 0.407 e. The van der Waals surface area contributed by atoms with Gasteiger partial charge in [-0.25, -0.2) is 18.7 Å². The van der Waals surface area contributed by atoms with Crippen molar-refractivity contribution in [3.63, 3.8) is 0 Å². The van der Waals surface area contributed by atoms with Crippen molar-refractivity contribution in [3.8, 4) is 0 Å². The average molecular weight is 287 g/mol. The molecule has 0 saturated carbocycles. The van der Waals surface area contributed by atoms with E-state index in [0.717, 1.165) is 4.90 Å². The second-order valence-corrected chi connectivity index (χ2v) is 4.94. The van der Waals surface area contributed by atoms with E-state index in [0.29, 0.717) is 13.0 Å². The molecule has 1 N–H and O–H groups in total. The molecule has 1 saturated heterocycles. The quantitative estimate of drug-likeness (QED) is 0.796. The molecule has 0 radical (unpaired) electrons. The van der Waals surface area contributed by atoms with Crippen LogP contribution in [0.4, 0.5) is 9.18 Å². The average Bonchev–Trinajstić information content (AvgIpc) is 2.70. The molecule has 1 amide bonds. The molecule has 9 heteroatoms. The van der Waals surface area contributed by atoms with Crippen LogP contribution < -0.4 is 10.7 Å². The van der Waals surface area contributed by atoms with Gasteiger partial charge in [0.1, 0.15) is 6.33 Å². The summed E-state index contributed by atoms with van der Waals surface area (Å²) in [6.07, 6.45) is 0.834. The number of piperazine rings is 1. The molecular weight excluding hydrogens is 269 g/mol. The lowest BCUT2D eigenvalue weighted by atomic mass is 10.2. The molecule has 1 aliphatic rings. The van der Waals surface area contributed by atoms with Crippen molar-refractivity contribution in [3.05, 3.63) is 16.8 Å². The number of amides is 1. The fourth-order valence-corrected chi connectivity index (χ4v) is 2.36. The minimum Gasteiger partial charge on any atom is -0.465 e.